The van der Waals surface area contributed by atoms with Gasteiger partial charge in [-0.25, -0.2) is 9.97 Å². The summed E-state index contributed by atoms with van der Waals surface area (Å²) in [6, 6.07) is 11.7. The van der Waals surface area contributed by atoms with Gasteiger partial charge < -0.3 is 24.5 Å². The second-order valence-corrected chi connectivity index (χ2v) is 6.45. The first kappa shape index (κ1) is 18.1. The molecule has 7 heteroatoms. The molecule has 0 spiro atoms. The molecule has 28 heavy (non-hydrogen) atoms. The average Bonchev–Trinajstić information content (AvgIpc) is 3.07. The molecule has 0 saturated carbocycles. The lowest BCUT2D eigenvalue weighted by atomic mass is 10.2. The maximum Gasteiger partial charge on any atom is 0.230 e. The Bertz CT molecular complexity index is 1120. The molecule has 0 unspecified atom stereocenters. The fraction of sp³-hybridized carbons (Fsp3) is 0.238. The lowest BCUT2D eigenvalue weighted by Gasteiger charge is -2.13. The monoisotopic (exact) mass is 378 g/mol. The zero-order chi connectivity index (χ0) is 19.5. The van der Waals surface area contributed by atoms with Crippen LogP contribution in [0.1, 0.15) is 5.69 Å². The topological polar surface area (TPSA) is 81.3 Å². The van der Waals surface area contributed by atoms with Gasteiger partial charge in [0.1, 0.15) is 18.7 Å². The van der Waals surface area contributed by atoms with Crippen molar-refractivity contribution in [3.8, 4) is 23.1 Å². The first-order valence-electron chi connectivity index (χ1n) is 9.05. The number of methoxy groups -OCH3 is 1. The van der Waals surface area contributed by atoms with E-state index in [4.69, 9.17) is 14.2 Å². The SMILES string of the molecule is CNCCOc1cc2ncnc(Oc3ccc4[nH]c(C)cc4c3)c2cc1OC. The van der Waals surface area contributed by atoms with Crippen LogP contribution in [-0.4, -0.2) is 42.3 Å². The third-order valence-electron chi connectivity index (χ3n) is 4.44. The van der Waals surface area contributed by atoms with Crippen LogP contribution in [0.25, 0.3) is 21.8 Å². The molecular weight excluding hydrogens is 356 g/mol. The normalized spacial score (nSPS) is 11.1. The summed E-state index contributed by atoms with van der Waals surface area (Å²) >= 11 is 0. The van der Waals surface area contributed by atoms with E-state index in [1.807, 2.05) is 44.3 Å². The lowest BCUT2D eigenvalue weighted by molar-refractivity contribution is 0.296. The van der Waals surface area contributed by atoms with E-state index in [1.165, 1.54) is 6.33 Å². The molecule has 0 saturated heterocycles. The number of ether oxygens (including phenoxy) is 3. The van der Waals surface area contributed by atoms with Crippen LogP contribution in [-0.2, 0) is 0 Å². The van der Waals surface area contributed by atoms with Crippen LogP contribution < -0.4 is 19.5 Å². The molecular formula is C21H22N4O3. The Kier molecular flexibility index (Phi) is 4.99. The molecule has 2 aromatic carbocycles. The summed E-state index contributed by atoms with van der Waals surface area (Å²) in [4.78, 5) is 12.0. The maximum absolute atomic E-state index is 6.08. The van der Waals surface area contributed by atoms with E-state index in [0.29, 0.717) is 29.7 Å². The Labute approximate surface area is 162 Å². The minimum atomic E-state index is 0.469. The van der Waals surface area contributed by atoms with Crippen molar-refractivity contribution in [3.63, 3.8) is 0 Å². The number of aryl methyl sites for hydroxylation is 1. The first-order chi connectivity index (χ1) is 13.7. The van der Waals surface area contributed by atoms with E-state index in [1.54, 1.807) is 7.11 Å². The van der Waals surface area contributed by atoms with Crippen LogP contribution in [0.3, 0.4) is 0 Å². The Morgan fingerprint density at radius 2 is 1.96 bits per heavy atom. The highest BCUT2D eigenvalue weighted by molar-refractivity contribution is 5.87. The molecule has 0 amide bonds. The predicted molar refractivity (Wildman–Crippen MR) is 109 cm³/mol. The van der Waals surface area contributed by atoms with Gasteiger partial charge in [0.25, 0.3) is 0 Å². The fourth-order valence-electron chi connectivity index (χ4n) is 3.09. The van der Waals surface area contributed by atoms with Crippen LogP contribution in [0, 0.1) is 6.92 Å². The molecule has 0 aliphatic heterocycles. The number of nitrogens with zero attached hydrogens (tertiary/aromatic N) is 2. The summed E-state index contributed by atoms with van der Waals surface area (Å²) in [6.45, 7) is 3.30. The van der Waals surface area contributed by atoms with Crippen LogP contribution in [0.5, 0.6) is 23.1 Å². The van der Waals surface area contributed by atoms with Gasteiger partial charge in [-0.05, 0) is 44.3 Å². The second-order valence-electron chi connectivity index (χ2n) is 6.45. The number of hydrogen-bond donors (Lipinski definition) is 2. The summed E-state index contributed by atoms with van der Waals surface area (Å²) < 4.78 is 17.4. The largest absolute Gasteiger partial charge is 0.493 e. The zero-order valence-electron chi connectivity index (χ0n) is 16.1. The maximum atomic E-state index is 6.08. The van der Waals surface area contributed by atoms with Crippen LogP contribution in [0.15, 0.2) is 42.7 Å². The molecule has 7 nitrogen and oxygen atoms in total. The predicted octanol–water partition coefficient (Wildman–Crippen LogP) is 3.82. The lowest BCUT2D eigenvalue weighted by Crippen LogP contribution is -2.16. The van der Waals surface area contributed by atoms with Crippen LogP contribution >= 0.6 is 0 Å². The Balaban J connectivity index is 1.69. The number of likely N-dealkylation sites (N-methyl/N-ethyl adjacent to an activating group) is 1. The molecule has 0 radical (unpaired) electrons. The minimum Gasteiger partial charge on any atom is -0.493 e. The fourth-order valence-corrected chi connectivity index (χ4v) is 3.09. The summed E-state index contributed by atoms with van der Waals surface area (Å²) in [6.07, 6.45) is 1.49. The number of hydrogen-bond acceptors (Lipinski definition) is 6. The van der Waals surface area contributed by atoms with Crippen molar-refractivity contribution in [3.05, 3.63) is 48.4 Å². The van der Waals surface area contributed by atoms with E-state index in [2.05, 4.69) is 26.3 Å². The van der Waals surface area contributed by atoms with E-state index in [9.17, 15) is 0 Å². The van der Waals surface area contributed by atoms with Gasteiger partial charge in [0.05, 0.1) is 18.0 Å². The van der Waals surface area contributed by atoms with E-state index in [-0.39, 0.29) is 0 Å². The quantitative estimate of drug-likeness (QED) is 0.476. The number of rotatable bonds is 7. The van der Waals surface area contributed by atoms with Crippen LogP contribution in [0.2, 0.25) is 0 Å². The third kappa shape index (κ3) is 3.57. The molecule has 2 aromatic heterocycles. The Hall–Kier alpha value is -3.32. The van der Waals surface area contributed by atoms with Gasteiger partial charge in [0.15, 0.2) is 11.5 Å². The second kappa shape index (κ2) is 7.74. The molecule has 4 aromatic rings. The highest BCUT2D eigenvalue weighted by Crippen LogP contribution is 2.36. The van der Waals surface area contributed by atoms with E-state index < -0.39 is 0 Å². The van der Waals surface area contributed by atoms with Crippen molar-refractivity contribution in [2.75, 3.05) is 27.3 Å². The first-order valence-corrected chi connectivity index (χ1v) is 9.05. The standard InChI is InChI=1S/C21H22N4O3/c1-13-8-14-9-15(4-5-17(14)25-13)28-21-16-10-19(26-3)20(27-7-6-22-2)11-18(16)23-12-24-21/h4-5,8-12,22,25H,6-7H2,1-3H3. The van der Waals surface area contributed by atoms with Crippen molar-refractivity contribution in [1.82, 2.24) is 20.3 Å². The van der Waals surface area contributed by atoms with Gasteiger partial charge in [-0.2, -0.15) is 0 Å². The number of H-pyrrole nitrogens is 1. The zero-order valence-corrected chi connectivity index (χ0v) is 16.1. The molecule has 0 aliphatic rings. The van der Waals surface area contributed by atoms with Crippen LogP contribution in [0.4, 0.5) is 0 Å². The van der Waals surface area contributed by atoms with Gasteiger partial charge in [-0.3, -0.25) is 0 Å². The summed E-state index contributed by atoms with van der Waals surface area (Å²) in [5.74, 6) is 2.43. The van der Waals surface area contributed by atoms with Crippen molar-refractivity contribution < 1.29 is 14.2 Å². The van der Waals surface area contributed by atoms with Gasteiger partial charge in [0, 0.05) is 29.2 Å². The number of aromatic nitrogens is 3. The molecule has 0 bridgehead atoms. The van der Waals surface area contributed by atoms with Crippen molar-refractivity contribution in [2.24, 2.45) is 0 Å². The summed E-state index contributed by atoms with van der Waals surface area (Å²) in [7, 11) is 3.49. The number of fused-ring (bicyclic) bond motifs is 2. The molecule has 144 valence electrons. The highest BCUT2D eigenvalue weighted by Gasteiger charge is 2.13. The molecule has 0 aliphatic carbocycles. The molecule has 4 rings (SSSR count). The number of aromatic amines is 1. The van der Waals surface area contributed by atoms with Crippen molar-refractivity contribution in [2.45, 2.75) is 6.92 Å². The highest BCUT2D eigenvalue weighted by atomic mass is 16.5. The molecule has 2 N–H and O–H groups in total. The Morgan fingerprint density at radius 3 is 2.79 bits per heavy atom. The Morgan fingerprint density at radius 1 is 1.07 bits per heavy atom. The smallest absolute Gasteiger partial charge is 0.230 e. The number of benzene rings is 2. The summed E-state index contributed by atoms with van der Waals surface area (Å²) in [5.41, 5.74) is 2.90. The number of nitrogens with one attached hydrogen (secondary N) is 2. The van der Waals surface area contributed by atoms with E-state index >= 15 is 0 Å². The average molecular weight is 378 g/mol. The van der Waals surface area contributed by atoms with Crippen molar-refractivity contribution >= 4 is 21.8 Å². The molecule has 0 atom stereocenters. The molecule has 2 heterocycles. The van der Waals surface area contributed by atoms with Gasteiger partial charge in [-0.15, -0.1) is 0 Å². The summed E-state index contributed by atoms with van der Waals surface area (Å²) in [5, 5.41) is 4.89. The third-order valence-corrected chi connectivity index (χ3v) is 4.44. The van der Waals surface area contributed by atoms with Gasteiger partial charge >= 0.3 is 0 Å². The van der Waals surface area contributed by atoms with Gasteiger partial charge in [0.2, 0.25) is 5.88 Å². The minimum absolute atomic E-state index is 0.469. The van der Waals surface area contributed by atoms with E-state index in [0.717, 1.165) is 34.0 Å². The van der Waals surface area contributed by atoms with Crippen molar-refractivity contribution in [1.29, 1.82) is 0 Å². The van der Waals surface area contributed by atoms with Gasteiger partial charge in [-0.1, -0.05) is 0 Å². The molecule has 0 fully saturated rings.